The molecule has 0 heterocycles. The first-order valence-electron chi connectivity index (χ1n) is 6.44. The third kappa shape index (κ3) is 4.17. The van der Waals surface area contributed by atoms with Gasteiger partial charge in [0.25, 0.3) is 5.91 Å². The van der Waals surface area contributed by atoms with Crippen LogP contribution in [0.15, 0.2) is 48.5 Å². The molecule has 0 saturated carbocycles. The highest BCUT2D eigenvalue weighted by Gasteiger charge is 2.10. The van der Waals surface area contributed by atoms with E-state index in [4.69, 9.17) is 11.6 Å². The smallest absolute Gasteiger partial charge is 0.308 e. The van der Waals surface area contributed by atoms with Crippen LogP contribution in [0, 0.1) is 0 Å². The Kier molecular flexibility index (Phi) is 4.91. The van der Waals surface area contributed by atoms with Crippen LogP contribution >= 0.6 is 11.6 Å². The minimum absolute atomic E-state index is 0.0612. The number of carbonyl (C=O) groups is 3. The molecule has 112 valence electrons. The molecule has 2 aromatic rings. The van der Waals surface area contributed by atoms with Crippen LogP contribution < -0.4 is 10.6 Å². The average molecular weight is 317 g/mol. The monoisotopic (exact) mass is 316 g/mol. The maximum absolute atomic E-state index is 11.8. The Hall–Kier alpha value is -2.66. The quantitative estimate of drug-likeness (QED) is 0.851. The number of benzene rings is 2. The Labute approximate surface area is 132 Å². The van der Waals surface area contributed by atoms with Gasteiger partial charge in [-0.3, -0.25) is 14.9 Å². The second-order valence-electron chi connectivity index (χ2n) is 4.55. The molecule has 5 nitrogen and oxygen atoms in total. The second kappa shape index (κ2) is 6.87. The Bertz CT molecular complexity index is 709. The molecular formula is C16H13ClN2O3. The largest absolute Gasteiger partial charge is 0.326 e. The van der Waals surface area contributed by atoms with Gasteiger partial charge in [0.05, 0.1) is 0 Å². The Morgan fingerprint density at radius 3 is 1.95 bits per heavy atom. The zero-order valence-electron chi connectivity index (χ0n) is 11.7. The van der Waals surface area contributed by atoms with Crippen LogP contribution in [0.1, 0.15) is 27.6 Å². The number of carbonyl (C=O) groups excluding carboxylic acids is 3. The number of hydrogen-bond acceptors (Lipinski definition) is 3. The molecule has 2 aromatic carbocycles. The molecule has 0 aliphatic heterocycles. The molecule has 0 bridgehead atoms. The third-order valence-corrected chi connectivity index (χ3v) is 3.13. The topological polar surface area (TPSA) is 75.3 Å². The third-order valence-electron chi connectivity index (χ3n) is 2.88. The highest BCUT2D eigenvalue weighted by Crippen LogP contribution is 2.11. The first-order chi connectivity index (χ1) is 10.5. The maximum Gasteiger partial charge on any atom is 0.326 e. The van der Waals surface area contributed by atoms with E-state index in [1.165, 1.54) is 19.1 Å². The standard InChI is InChI=1S/C16H13ClN2O3/c1-10(20)11-4-8-14(9-5-11)18-16(22)19-15(21)12-2-6-13(17)7-3-12/h2-9H,1H3,(H2,18,19,21,22). The summed E-state index contributed by atoms with van der Waals surface area (Å²) in [4.78, 5) is 34.7. The van der Waals surface area contributed by atoms with Gasteiger partial charge in [0.15, 0.2) is 5.78 Å². The molecule has 3 amide bonds. The van der Waals surface area contributed by atoms with Crippen LogP contribution in [-0.2, 0) is 0 Å². The van der Waals surface area contributed by atoms with Crippen molar-refractivity contribution in [2.24, 2.45) is 0 Å². The highest BCUT2D eigenvalue weighted by molar-refractivity contribution is 6.30. The summed E-state index contributed by atoms with van der Waals surface area (Å²) >= 11 is 5.73. The first kappa shape index (κ1) is 15.7. The van der Waals surface area contributed by atoms with E-state index in [9.17, 15) is 14.4 Å². The zero-order valence-corrected chi connectivity index (χ0v) is 12.5. The minimum atomic E-state index is -0.657. The van der Waals surface area contributed by atoms with Gasteiger partial charge in [-0.2, -0.15) is 0 Å². The summed E-state index contributed by atoms with van der Waals surface area (Å²) < 4.78 is 0. The molecule has 6 heteroatoms. The SMILES string of the molecule is CC(=O)c1ccc(NC(=O)NC(=O)c2ccc(Cl)cc2)cc1. The lowest BCUT2D eigenvalue weighted by Gasteiger charge is -2.07. The molecule has 0 fully saturated rings. The van der Waals surface area contributed by atoms with Crippen LogP contribution in [0.3, 0.4) is 0 Å². The normalized spacial score (nSPS) is 9.91. The van der Waals surface area contributed by atoms with E-state index in [0.717, 1.165) is 0 Å². The molecule has 0 aliphatic rings. The molecule has 2 rings (SSSR count). The summed E-state index contributed by atoms with van der Waals surface area (Å²) in [5.74, 6) is -0.594. The molecule has 0 atom stereocenters. The number of nitrogens with one attached hydrogen (secondary N) is 2. The summed E-state index contributed by atoms with van der Waals surface area (Å²) in [5, 5.41) is 5.22. The average Bonchev–Trinajstić information content (AvgIpc) is 2.48. The van der Waals surface area contributed by atoms with E-state index in [0.29, 0.717) is 21.8 Å². The summed E-state index contributed by atoms with van der Waals surface area (Å²) in [7, 11) is 0. The van der Waals surface area contributed by atoms with Crippen molar-refractivity contribution in [3.8, 4) is 0 Å². The van der Waals surface area contributed by atoms with E-state index in [1.54, 1.807) is 36.4 Å². The number of halogens is 1. The molecule has 0 spiro atoms. The predicted molar refractivity (Wildman–Crippen MR) is 84.4 cm³/mol. The number of rotatable bonds is 3. The van der Waals surface area contributed by atoms with Crippen LogP contribution in [0.5, 0.6) is 0 Å². The van der Waals surface area contributed by atoms with Gasteiger partial charge in [-0.15, -0.1) is 0 Å². The van der Waals surface area contributed by atoms with Gasteiger partial charge in [-0.25, -0.2) is 4.79 Å². The predicted octanol–water partition coefficient (Wildman–Crippen LogP) is 3.50. The van der Waals surface area contributed by atoms with Gasteiger partial charge in [-0.1, -0.05) is 11.6 Å². The van der Waals surface area contributed by atoms with E-state index in [-0.39, 0.29) is 5.78 Å². The van der Waals surface area contributed by atoms with E-state index in [2.05, 4.69) is 10.6 Å². The van der Waals surface area contributed by atoms with Crippen molar-refractivity contribution < 1.29 is 14.4 Å². The summed E-state index contributed by atoms with van der Waals surface area (Å²) in [6.07, 6.45) is 0. The minimum Gasteiger partial charge on any atom is -0.308 e. The number of ketones is 1. The Morgan fingerprint density at radius 2 is 1.41 bits per heavy atom. The lowest BCUT2D eigenvalue weighted by Crippen LogP contribution is -2.34. The summed E-state index contributed by atoms with van der Waals surface area (Å²) in [6, 6.07) is 11.9. The first-order valence-corrected chi connectivity index (χ1v) is 6.82. The van der Waals surface area contributed by atoms with Crippen molar-refractivity contribution in [3.63, 3.8) is 0 Å². The van der Waals surface area contributed by atoms with E-state index in [1.807, 2.05) is 0 Å². The number of urea groups is 1. The van der Waals surface area contributed by atoms with E-state index >= 15 is 0 Å². The number of hydrogen-bond donors (Lipinski definition) is 2. The summed E-state index contributed by atoms with van der Waals surface area (Å²) in [6.45, 7) is 1.46. The fraction of sp³-hybridized carbons (Fsp3) is 0.0625. The second-order valence-corrected chi connectivity index (χ2v) is 4.99. The van der Waals surface area contributed by atoms with Gasteiger partial charge in [0.2, 0.25) is 0 Å². The van der Waals surface area contributed by atoms with Crippen molar-refractivity contribution in [1.29, 1.82) is 0 Å². The lowest BCUT2D eigenvalue weighted by atomic mass is 10.1. The van der Waals surface area contributed by atoms with Gasteiger partial charge >= 0.3 is 6.03 Å². The maximum atomic E-state index is 11.8. The molecular weight excluding hydrogens is 304 g/mol. The Balaban J connectivity index is 1.96. The molecule has 0 aliphatic carbocycles. The van der Waals surface area contributed by atoms with Crippen molar-refractivity contribution in [2.45, 2.75) is 6.92 Å². The molecule has 0 radical (unpaired) electrons. The van der Waals surface area contributed by atoms with Crippen molar-refractivity contribution in [2.75, 3.05) is 5.32 Å². The number of amides is 3. The van der Waals surface area contributed by atoms with Gasteiger partial charge in [-0.05, 0) is 55.5 Å². The van der Waals surface area contributed by atoms with Crippen LogP contribution in [0.2, 0.25) is 5.02 Å². The van der Waals surface area contributed by atoms with E-state index < -0.39 is 11.9 Å². The fourth-order valence-electron chi connectivity index (χ4n) is 1.73. The molecule has 22 heavy (non-hydrogen) atoms. The van der Waals surface area contributed by atoms with Crippen LogP contribution in [0.4, 0.5) is 10.5 Å². The number of imide groups is 1. The zero-order chi connectivity index (χ0) is 16.1. The van der Waals surface area contributed by atoms with Crippen LogP contribution in [0.25, 0.3) is 0 Å². The number of anilines is 1. The number of Topliss-reactive ketones (excluding diaryl/α,β-unsaturated/α-hetero) is 1. The van der Waals surface area contributed by atoms with Crippen molar-refractivity contribution >= 4 is 35.0 Å². The highest BCUT2D eigenvalue weighted by atomic mass is 35.5. The van der Waals surface area contributed by atoms with Crippen molar-refractivity contribution in [1.82, 2.24) is 5.32 Å². The summed E-state index contributed by atoms with van der Waals surface area (Å²) in [5.41, 5.74) is 1.35. The fourth-order valence-corrected chi connectivity index (χ4v) is 1.85. The lowest BCUT2D eigenvalue weighted by molar-refractivity contribution is 0.0965. The van der Waals surface area contributed by atoms with Gasteiger partial charge < -0.3 is 5.32 Å². The molecule has 0 aromatic heterocycles. The Morgan fingerprint density at radius 1 is 0.864 bits per heavy atom. The van der Waals surface area contributed by atoms with Gasteiger partial charge in [0, 0.05) is 21.8 Å². The molecule has 0 unspecified atom stereocenters. The van der Waals surface area contributed by atoms with Crippen molar-refractivity contribution in [3.05, 3.63) is 64.7 Å². The van der Waals surface area contributed by atoms with Crippen LogP contribution in [-0.4, -0.2) is 17.7 Å². The van der Waals surface area contributed by atoms with Gasteiger partial charge in [0.1, 0.15) is 0 Å². The molecule has 0 saturated heterocycles. The molecule has 2 N–H and O–H groups in total.